The number of allylic oxidation sites excluding steroid dienone is 2. The minimum absolute atomic E-state index is 0.144. The summed E-state index contributed by atoms with van der Waals surface area (Å²) in [4.78, 5) is 15.1. The molecular formula is C25H39NO3S. The molecule has 5 heteroatoms. The summed E-state index contributed by atoms with van der Waals surface area (Å²) < 4.78 is 0. The second-order valence-corrected chi connectivity index (χ2v) is 10.5. The number of aliphatic hydroxyl groups excluding tert-OH is 1. The molecule has 1 heterocycles. The molecule has 0 aromatic rings. The number of aliphatic hydroxyl groups is 2. The molecule has 1 amide bonds. The number of carbonyl (C=O) groups excluding carboxylic acids is 1. The average molecular weight is 434 g/mol. The number of rotatable bonds is 10. The van der Waals surface area contributed by atoms with Crippen molar-refractivity contribution in [2.75, 3.05) is 13.1 Å². The van der Waals surface area contributed by atoms with Crippen molar-refractivity contribution in [2.24, 2.45) is 17.8 Å². The van der Waals surface area contributed by atoms with E-state index in [1.54, 1.807) is 0 Å². The van der Waals surface area contributed by atoms with Gasteiger partial charge in [0, 0.05) is 30.3 Å². The van der Waals surface area contributed by atoms with E-state index in [2.05, 4.69) is 25.2 Å². The van der Waals surface area contributed by atoms with E-state index in [1.807, 2.05) is 11.8 Å². The smallest absolute Gasteiger partial charge is 0.227 e. The van der Waals surface area contributed by atoms with Gasteiger partial charge in [-0.3, -0.25) is 4.79 Å². The molecule has 3 aliphatic rings. The number of hydrogen-bond acceptors (Lipinski definition) is 4. The molecule has 2 fully saturated rings. The average Bonchev–Trinajstić information content (AvgIpc) is 3.38. The van der Waals surface area contributed by atoms with Crippen molar-refractivity contribution < 1.29 is 15.0 Å². The maximum Gasteiger partial charge on any atom is 0.227 e. The topological polar surface area (TPSA) is 60.8 Å². The molecule has 0 radical (unpaired) electrons. The summed E-state index contributed by atoms with van der Waals surface area (Å²) in [6.07, 6.45) is 14.9. The first-order valence-electron chi connectivity index (χ1n) is 11.8. The summed E-state index contributed by atoms with van der Waals surface area (Å²) in [6.45, 7) is 5.80. The van der Waals surface area contributed by atoms with Crippen LogP contribution in [0, 0.1) is 17.8 Å². The zero-order valence-electron chi connectivity index (χ0n) is 18.7. The monoisotopic (exact) mass is 433 g/mol. The van der Waals surface area contributed by atoms with Gasteiger partial charge in [0.1, 0.15) is 0 Å². The van der Waals surface area contributed by atoms with Crippen LogP contribution in [-0.2, 0) is 4.79 Å². The number of nitrogens with zero attached hydrogens (tertiary/aromatic N) is 1. The van der Waals surface area contributed by atoms with Crippen molar-refractivity contribution in [3.05, 3.63) is 23.8 Å². The van der Waals surface area contributed by atoms with Gasteiger partial charge >= 0.3 is 0 Å². The highest BCUT2D eigenvalue weighted by molar-refractivity contribution is 7.80. The minimum Gasteiger partial charge on any atom is -0.392 e. The predicted octanol–water partition coefficient (Wildman–Crippen LogP) is 4.59. The van der Waals surface area contributed by atoms with Crippen molar-refractivity contribution in [3.8, 4) is 0 Å². The fourth-order valence-electron chi connectivity index (χ4n) is 5.44. The Kier molecular flexibility index (Phi) is 8.28. The van der Waals surface area contributed by atoms with Crippen LogP contribution in [0.3, 0.4) is 0 Å². The molecule has 30 heavy (non-hydrogen) atoms. The molecule has 1 aliphatic heterocycles. The molecule has 0 spiro atoms. The van der Waals surface area contributed by atoms with Crippen molar-refractivity contribution in [2.45, 2.75) is 89.8 Å². The van der Waals surface area contributed by atoms with E-state index in [0.29, 0.717) is 24.7 Å². The second kappa shape index (κ2) is 10.5. The van der Waals surface area contributed by atoms with E-state index in [0.717, 1.165) is 69.3 Å². The maximum atomic E-state index is 12.3. The molecule has 3 rings (SSSR count). The first-order valence-corrected chi connectivity index (χ1v) is 12.3. The van der Waals surface area contributed by atoms with Crippen molar-refractivity contribution >= 4 is 23.0 Å². The maximum absolute atomic E-state index is 12.3. The number of hydrogen-bond donors (Lipinski definition) is 2. The zero-order chi connectivity index (χ0) is 21.7. The lowest BCUT2D eigenvalue weighted by Crippen LogP contribution is -2.29. The Morgan fingerprint density at radius 3 is 2.80 bits per heavy atom. The van der Waals surface area contributed by atoms with E-state index >= 15 is 0 Å². The highest BCUT2D eigenvalue weighted by Crippen LogP contribution is 2.48. The van der Waals surface area contributed by atoms with Gasteiger partial charge in [-0.1, -0.05) is 55.8 Å². The van der Waals surface area contributed by atoms with Crippen molar-refractivity contribution in [3.63, 3.8) is 0 Å². The lowest BCUT2D eigenvalue weighted by atomic mass is 9.87. The zero-order valence-corrected chi connectivity index (χ0v) is 19.5. The molecule has 0 aromatic carbocycles. The van der Waals surface area contributed by atoms with Gasteiger partial charge in [-0.05, 0) is 57.3 Å². The third-order valence-electron chi connectivity index (χ3n) is 7.17. The molecule has 0 aromatic heterocycles. The number of unbranched alkanes of at least 4 members (excludes halogenated alkanes) is 1. The van der Waals surface area contributed by atoms with Crippen LogP contribution in [0.25, 0.3) is 0 Å². The largest absolute Gasteiger partial charge is 0.392 e. The number of likely N-dealkylation sites (tertiary alicyclic amines) is 1. The third kappa shape index (κ3) is 6.24. The van der Waals surface area contributed by atoms with Crippen LogP contribution in [0.15, 0.2) is 23.8 Å². The lowest BCUT2D eigenvalue weighted by Gasteiger charge is -2.22. The summed E-state index contributed by atoms with van der Waals surface area (Å²) in [5.41, 5.74) is 0.673. The number of thiocarbonyl (C=S) groups is 1. The summed E-state index contributed by atoms with van der Waals surface area (Å²) in [7, 11) is 0. The van der Waals surface area contributed by atoms with E-state index < -0.39 is 5.60 Å². The predicted molar refractivity (Wildman–Crippen MR) is 125 cm³/mol. The van der Waals surface area contributed by atoms with Gasteiger partial charge < -0.3 is 15.1 Å². The molecule has 168 valence electrons. The van der Waals surface area contributed by atoms with Crippen LogP contribution in [0.2, 0.25) is 0 Å². The van der Waals surface area contributed by atoms with Crippen molar-refractivity contribution in [1.29, 1.82) is 0 Å². The van der Waals surface area contributed by atoms with Gasteiger partial charge in [-0.25, -0.2) is 0 Å². The summed E-state index contributed by atoms with van der Waals surface area (Å²) in [6, 6.07) is 0. The van der Waals surface area contributed by atoms with Crippen molar-refractivity contribution in [1.82, 2.24) is 4.90 Å². The molecule has 5 atom stereocenters. The number of amides is 1. The van der Waals surface area contributed by atoms with E-state index in [4.69, 9.17) is 12.2 Å². The Morgan fingerprint density at radius 2 is 2.10 bits per heavy atom. The van der Waals surface area contributed by atoms with Crippen LogP contribution < -0.4 is 0 Å². The fourth-order valence-corrected chi connectivity index (χ4v) is 5.75. The highest BCUT2D eigenvalue weighted by Gasteiger charge is 2.43. The van der Waals surface area contributed by atoms with Gasteiger partial charge in [0.2, 0.25) is 5.91 Å². The second-order valence-electron chi connectivity index (χ2n) is 9.95. The molecule has 0 bridgehead atoms. The Labute approximate surface area is 187 Å². The van der Waals surface area contributed by atoms with Crippen LogP contribution >= 0.6 is 12.2 Å². The van der Waals surface area contributed by atoms with Gasteiger partial charge in [-0.15, -0.1) is 0 Å². The highest BCUT2D eigenvalue weighted by atomic mass is 32.1. The lowest BCUT2D eigenvalue weighted by molar-refractivity contribution is -0.128. The molecule has 2 aliphatic carbocycles. The first kappa shape index (κ1) is 23.6. The Morgan fingerprint density at radius 1 is 1.37 bits per heavy atom. The summed E-state index contributed by atoms with van der Waals surface area (Å²) in [5.74, 6) is 1.15. The number of fused-ring (bicyclic) bond motifs is 1. The SMILES string of the molecule is CCCC[C@](C)(O)C/C=C/[C@@H]1[C@H]2CC(CC(=S)CC(=O)N3CCCC3)=C[C@H]2C[C@H]1O. The van der Waals surface area contributed by atoms with Gasteiger partial charge in [0.05, 0.1) is 18.1 Å². The third-order valence-corrected chi connectivity index (χ3v) is 7.45. The summed E-state index contributed by atoms with van der Waals surface area (Å²) in [5, 5.41) is 21.1. The standard InChI is InChI=1S/C25H39NO3S/c1-3-4-9-25(2,29)10-7-8-21-22-15-18(13-19(22)16-23(21)27)14-20(30)17-24(28)26-11-5-6-12-26/h7-8,13,19,21-23,27,29H,3-6,9-12,14-17H2,1-2H3/b8-7+/t19-,21+,22-,23+,25-/m0/s1. The molecule has 4 nitrogen and oxygen atoms in total. The summed E-state index contributed by atoms with van der Waals surface area (Å²) >= 11 is 5.55. The minimum atomic E-state index is -0.664. The quantitative estimate of drug-likeness (QED) is 0.391. The number of carbonyl (C=O) groups is 1. The Hall–Kier alpha value is -1.04. The first-order chi connectivity index (χ1) is 14.3. The van der Waals surface area contributed by atoms with Crippen LogP contribution in [0.5, 0.6) is 0 Å². The van der Waals surface area contributed by atoms with Crippen LogP contribution in [0.1, 0.15) is 78.1 Å². The normalized spacial score (nSPS) is 30.5. The van der Waals surface area contributed by atoms with Gasteiger partial charge in [0.25, 0.3) is 0 Å². The van der Waals surface area contributed by atoms with Gasteiger partial charge in [-0.2, -0.15) is 0 Å². The van der Waals surface area contributed by atoms with Crippen LogP contribution in [-0.4, -0.2) is 50.7 Å². The van der Waals surface area contributed by atoms with E-state index in [9.17, 15) is 15.0 Å². The van der Waals surface area contributed by atoms with Gasteiger partial charge in [0.15, 0.2) is 0 Å². The molecule has 1 saturated heterocycles. The van der Waals surface area contributed by atoms with E-state index in [-0.39, 0.29) is 17.9 Å². The Balaban J connectivity index is 1.49. The Bertz CT molecular complexity index is 678. The molecule has 2 N–H and O–H groups in total. The molecule has 0 unspecified atom stereocenters. The fraction of sp³-hybridized carbons (Fsp3) is 0.760. The molecule has 1 saturated carbocycles. The van der Waals surface area contributed by atoms with Crippen LogP contribution in [0.4, 0.5) is 0 Å². The van der Waals surface area contributed by atoms with E-state index in [1.165, 1.54) is 5.57 Å². The molecular weight excluding hydrogens is 394 g/mol.